The van der Waals surface area contributed by atoms with Gasteiger partial charge in [0.15, 0.2) is 0 Å². The Kier molecular flexibility index (Phi) is 3.55. The van der Waals surface area contributed by atoms with Crippen LogP contribution in [-0.4, -0.2) is 11.2 Å². The predicted molar refractivity (Wildman–Crippen MR) is 56.5 cm³/mol. The maximum atomic E-state index is 9.60. The highest BCUT2D eigenvalue weighted by Gasteiger charge is 2.22. The lowest BCUT2D eigenvalue weighted by atomic mass is 9.79. The molecular formula is C12H22O. The van der Waals surface area contributed by atoms with E-state index in [0.717, 1.165) is 6.42 Å². The smallest absolute Gasteiger partial charge is 0.0726 e. The van der Waals surface area contributed by atoms with Crippen LogP contribution in [0.15, 0.2) is 11.6 Å². The van der Waals surface area contributed by atoms with Gasteiger partial charge in [-0.3, -0.25) is 0 Å². The van der Waals surface area contributed by atoms with Crippen molar-refractivity contribution in [1.82, 2.24) is 0 Å². The molecule has 0 radical (unpaired) electrons. The van der Waals surface area contributed by atoms with Crippen molar-refractivity contribution < 1.29 is 5.11 Å². The van der Waals surface area contributed by atoms with E-state index in [2.05, 4.69) is 33.8 Å². The fraction of sp³-hybridized carbons (Fsp3) is 0.833. The fourth-order valence-corrected chi connectivity index (χ4v) is 2.05. The monoisotopic (exact) mass is 182 g/mol. The Hall–Kier alpha value is -0.300. The maximum Gasteiger partial charge on any atom is 0.0726 e. The molecule has 0 heterocycles. The third kappa shape index (κ3) is 2.84. The minimum Gasteiger partial charge on any atom is -0.389 e. The van der Waals surface area contributed by atoms with Gasteiger partial charge in [0.05, 0.1) is 6.10 Å². The summed E-state index contributed by atoms with van der Waals surface area (Å²) in [6, 6.07) is 0. The summed E-state index contributed by atoms with van der Waals surface area (Å²) in [5.74, 6) is 1.96. The summed E-state index contributed by atoms with van der Waals surface area (Å²) in [6.45, 7) is 8.98. The van der Waals surface area contributed by atoms with Crippen LogP contribution in [0.25, 0.3) is 0 Å². The van der Waals surface area contributed by atoms with E-state index in [4.69, 9.17) is 0 Å². The van der Waals surface area contributed by atoms with Gasteiger partial charge in [-0.05, 0) is 30.6 Å². The molecule has 0 amide bonds. The van der Waals surface area contributed by atoms with Gasteiger partial charge in [-0.1, -0.05) is 39.3 Å². The molecule has 3 atom stereocenters. The van der Waals surface area contributed by atoms with Gasteiger partial charge in [-0.2, -0.15) is 0 Å². The van der Waals surface area contributed by atoms with E-state index in [0.29, 0.717) is 17.8 Å². The summed E-state index contributed by atoms with van der Waals surface area (Å²) >= 11 is 0. The third-order valence-electron chi connectivity index (χ3n) is 3.22. The Labute approximate surface area is 81.9 Å². The summed E-state index contributed by atoms with van der Waals surface area (Å²) in [5.41, 5.74) is 1.46. The topological polar surface area (TPSA) is 20.2 Å². The van der Waals surface area contributed by atoms with Crippen LogP contribution in [0.5, 0.6) is 0 Å². The van der Waals surface area contributed by atoms with Crippen LogP contribution in [-0.2, 0) is 0 Å². The lowest BCUT2D eigenvalue weighted by Crippen LogP contribution is -2.20. The average molecular weight is 182 g/mol. The van der Waals surface area contributed by atoms with Crippen LogP contribution in [0.2, 0.25) is 0 Å². The van der Waals surface area contributed by atoms with Crippen molar-refractivity contribution in [3.63, 3.8) is 0 Å². The van der Waals surface area contributed by atoms with Crippen LogP contribution in [0.3, 0.4) is 0 Å². The van der Waals surface area contributed by atoms with Gasteiger partial charge in [0.1, 0.15) is 0 Å². The Morgan fingerprint density at radius 1 is 1.38 bits per heavy atom. The van der Waals surface area contributed by atoms with Crippen LogP contribution in [0.1, 0.15) is 40.5 Å². The Morgan fingerprint density at radius 2 is 2.00 bits per heavy atom. The zero-order chi connectivity index (χ0) is 10.0. The number of hydrogen-bond acceptors (Lipinski definition) is 1. The number of aliphatic hydroxyl groups excluding tert-OH is 1. The summed E-state index contributed by atoms with van der Waals surface area (Å²) in [7, 11) is 0. The summed E-state index contributed by atoms with van der Waals surface area (Å²) in [5, 5.41) is 9.60. The molecule has 0 bridgehead atoms. The average Bonchev–Trinajstić information content (AvgIpc) is 2.01. The molecule has 1 aliphatic carbocycles. The van der Waals surface area contributed by atoms with Crippen molar-refractivity contribution in [2.75, 3.05) is 0 Å². The van der Waals surface area contributed by atoms with E-state index < -0.39 is 0 Å². The highest BCUT2D eigenvalue weighted by molar-refractivity contribution is 5.13. The summed E-state index contributed by atoms with van der Waals surface area (Å²) in [4.78, 5) is 0. The van der Waals surface area contributed by atoms with Crippen LogP contribution in [0.4, 0.5) is 0 Å². The van der Waals surface area contributed by atoms with Crippen LogP contribution < -0.4 is 0 Å². The van der Waals surface area contributed by atoms with Gasteiger partial charge >= 0.3 is 0 Å². The molecule has 1 heteroatoms. The van der Waals surface area contributed by atoms with E-state index in [1.807, 2.05) is 0 Å². The molecule has 1 N–H and O–H groups in total. The first kappa shape index (κ1) is 10.8. The molecule has 3 unspecified atom stereocenters. The van der Waals surface area contributed by atoms with E-state index in [9.17, 15) is 5.11 Å². The van der Waals surface area contributed by atoms with Crippen molar-refractivity contribution in [3.05, 3.63) is 11.6 Å². The maximum absolute atomic E-state index is 9.60. The van der Waals surface area contributed by atoms with Crippen molar-refractivity contribution >= 4 is 0 Å². The molecule has 0 aromatic rings. The lowest BCUT2D eigenvalue weighted by molar-refractivity contribution is 0.176. The molecule has 1 nitrogen and oxygen atoms in total. The van der Waals surface area contributed by atoms with Crippen molar-refractivity contribution in [3.8, 4) is 0 Å². The number of hydrogen-bond donors (Lipinski definition) is 1. The molecule has 0 aromatic carbocycles. The van der Waals surface area contributed by atoms with E-state index in [1.165, 1.54) is 12.0 Å². The molecule has 0 aliphatic heterocycles. The second-order valence-corrected chi connectivity index (χ2v) is 4.89. The molecular weight excluding hydrogens is 160 g/mol. The highest BCUT2D eigenvalue weighted by Crippen LogP contribution is 2.31. The normalized spacial score (nSPS) is 31.7. The first-order chi connectivity index (χ1) is 6.00. The molecule has 0 saturated heterocycles. The van der Waals surface area contributed by atoms with Gasteiger partial charge in [0.25, 0.3) is 0 Å². The van der Waals surface area contributed by atoms with Gasteiger partial charge in [-0.15, -0.1) is 0 Å². The first-order valence-electron chi connectivity index (χ1n) is 5.39. The fourth-order valence-electron chi connectivity index (χ4n) is 2.05. The van der Waals surface area contributed by atoms with Crippen LogP contribution in [0, 0.1) is 17.8 Å². The van der Waals surface area contributed by atoms with Gasteiger partial charge in [0.2, 0.25) is 0 Å². The Balaban J connectivity index is 2.68. The predicted octanol–water partition coefficient (Wildman–Crippen LogP) is 3.00. The second kappa shape index (κ2) is 4.28. The van der Waals surface area contributed by atoms with Crippen molar-refractivity contribution in [1.29, 1.82) is 0 Å². The van der Waals surface area contributed by atoms with E-state index >= 15 is 0 Å². The molecule has 13 heavy (non-hydrogen) atoms. The standard InChI is InChI=1S/C12H22O/c1-8(2)10(4)11-5-9(3)6-12(13)7-11/h7-10,12-13H,5-6H2,1-4H3. The molecule has 0 spiro atoms. The summed E-state index contributed by atoms with van der Waals surface area (Å²) < 4.78 is 0. The van der Waals surface area contributed by atoms with E-state index in [-0.39, 0.29) is 6.10 Å². The Bertz CT molecular complexity index is 193. The molecule has 0 fully saturated rings. The number of rotatable bonds is 2. The number of aliphatic hydroxyl groups is 1. The van der Waals surface area contributed by atoms with Gasteiger partial charge < -0.3 is 5.11 Å². The molecule has 0 saturated carbocycles. The first-order valence-corrected chi connectivity index (χ1v) is 5.39. The van der Waals surface area contributed by atoms with Crippen molar-refractivity contribution in [2.24, 2.45) is 17.8 Å². The minimum absolute atomic E-state index is 0.194. The SMILES string of the molecule is CC1CC(C(C)C(C)C)=CC(O)C1. The van der Waals surface area contributed by atoms with Gasteiger partial charge in [-0.25, -0.2) is 0 Å². The third-order valence-corrected chi connectivity index (χ3v) is 3.22. The Morgan fingerprint density at radius 3 is 2.46 bits per heavy atom. The molecule has 1 rings (SSSR count). The minimum atomic E-state index is -0.194. The molecule has 0 aromatic heterocycles. The quantitative estimate of drug-likeness (QED) is 0.651. The number of allylic oxidation sites excluding steroid dienone is 1. The highest BCUT2D eigenvalue weighted by atomic mass is 16.3. The molecule has 1 aliphatic rings. The zero-order valence-electron chi connectivity index (χ0n) is 9.25. The van der Waals surface area contributed by atoms with Crippen molar-refractivity contribution in [2.45, 2.75) is 46.6 Å². The molecule has 76 valence electrons. The van der Waals surface area contributed by atoms with E-state index in [1.54, 1.807) is 0 Å². The largest absolute Gasteiger partial charge is 0.389 e. The lowest BCUT2D eigenvalue weighted by Gasteiger charge is -2.28. The van der Waals surface area contributed by atoms with Crippen LogP contribution >= 0.6 is 0 Å². The van der Waals surface area contributed by atoms with Gasteiger partial charge in [0, 0.05) is 0 Å². The second-order valence-electron chi connectivity index (χ2n) is 4.89. The zero-order valence-corrected chi connectivity index (χ0v) is 9.25. The summed E-state index contributed by atoms with van der Waals surface area (Å²) in [6.07, 6.45) is 4.00.